The second-order valence-electron chi connectivity index (χ2n) is 5.09. The van der Waals surface area contributed by atoms with E-state index in [4.69, 9.17) is 0 Å². The van der Waals surface area contributed by atoms with E-state index < -0.39 is 0 Å². The molecule has 4 nitrogen and oxygen atoms in total. The Labute approximate surface area is 127 Å². The smallest absolute Gasteiger partial charge is 0.259 e. The summed E-state index contributed by atoms with van der Waals surface area (Å²) in [6.45, 7) is 2.58. The van der Waals surface area contributed by atoms with Gasteiger partial charge in [0.1, 0.15) is 0 Å². The Morgan fingerprint density at radius 3 is 2.86 bits per heavy atom. The molecule has 0 saturated heterocycles. The molecule has 5 heteroatoms. The number of hydrogen-bond acceptors (Lipinski definition) is 4. The highest BCUT2D eigenvalue weighted by Crippen LogP contribution is 2.29. The molecule has 1 aliphatic heterocycles. The number of benzene rings is 1. The lowest BCUT2D eigenvalue weighted by atomic mass is 10.1. The summed E-state index contributed by atoms with van der Waals surface area (Å²) in [6.07, 6.45) is 1.45. The summed E-state index contributed by atoms with van der Waals surface area (Å²) < 4.78 is 0. The van der Waals surface area contributed by atoms with E-state index in [1.165, 1.54) is 11.3 Å². The van der Waals surface area contributed by atoms with Crippen LogP contribution >= 0.6 is 11.3 Å². The van der Waals surface area contributed by atoms with Crippen LogP contribution in [-0.4, -0.2) is 23.4 Å². The first kappa shape index (κ1) is 13.8. The number of aryl methyl sites for hydroxylation is 1. The first-order valence-electron chi connectivity index (χ1n) is 6.87. The zero-order valence-corrected chi connectivity index (χ0v) is 12.6. The third-order valence-electron chi connectivity index (χ3n) is 3.75. The minimum absolute atomic E-state index is 0.0142. The molecule has 3 rings (SSSR count). The highest BCUT2D eigenvalue weighted by atomic mass is 32.1. The number of carbonyl (C=O) groups is 1. The first-order chi connectivity index (χ1) is 10.2. The fourth-order valence-electron chi connectivity index (χ4n) is 2.65. The number of anilines is 1. The summed E-state index contributed by atoms with van der Waals surface area (Å²) in [5.74, 6) is 0.0142. The van der Waals surface area contributed by atoms with Gasteiger partial charge >= 0.3 is 0 Å². The number of nitrogens with zero attached hydrogens (tertiary/aromatic N) is 2. The SMILES string of the molecule is Cc1cscc1C(=O)N1CCC/C(=N/O)c2ccccc21. The molecule has 0 spiro atoms. The lowest BCUT2D eigenvalue weighted by Gasteiger charge is -2.22. The van der Waals surface area contributed by atoms with E-state index in [-0.39, 0.29) is 5.91 Å². The standard InChI is InChI=1S/C16H16N2O2S/c1-11-9-21-10-13(11)16(19)18-8-4-6-14(17-20)12-5-2-3-7-15(12)18/h2-3,5,7,9-10,20H,4,6,8H2,1H3/b17-14-. The fraction of sp³-hybridized carbons (Fsp3) is 0.250. The van der Waals surface area contributed by atoms with Crippen molar-refractivity contribution in [1.29, 1.82) is 0 Å². The van der Waals surface area contributed by atoms with Gasteiger partial charge in [-0.3, -0.25) is 4.79 Å². The van der Waals surface area contributed by atoms with E-state index in [1.54, 1.807) is 4.90 Å². The molecule has 108 valence electrons. The van der Waals surface area contributed by atoms with E-state index in [2.05, 4.69) is 5.16 Å². The van der Waals surface area contributed by atoms with Crippen LogP contribution < -0.4 is 4.90 Å². The first-order valence-corrected chi connectivity index (χ1v) is 7.81. The minimum atomic E-state index is 0.0142. The molecular weight excluding hydrogens is 284 g/mol. The minimum Gasteiger partial charge on any atom is -0.411 e. The molecule has 0 atom stereocenters. The van der Waals surface area contributed by atoms with Gasteiger partial charge in [0.15, 0.2) is 0 Å². The molecule has 2 aromatic rings. The topological polar surface area (TPSA) is 52.9 Å². The van der Waals surface area contributed by atoms with Gasteiger partial charge in [-0.05, 0) is 36.8 Å². The molecule has 1 aliphatic rings. The van der Waals surface area contributed by atoms with E-state index in [0.717, 1.165) is 28.8 Å². The zero-order chi connectivity index (χ0) is 14.8. The lowest BCUT2D eigenvalue weighted by molar-refractivity contribution is 0.0987. The Hall–Kier alpha value is -2.14. The van der Waals surface area contributed by atoms with Crippen LogP contribution in [0.3, 0.4) is 0 Å². The highest BCUT2D eigenvalue weighted by Gasteiger charge is 2.26. The number of amides is 1. The monoisotopic (exact) mass is 300 g/mol. The zero-order valence-electron chi connectivity index (χ0n) is 11.7. The number of carbonyl (C=O) groups excluding carboxylic acids is 1. The Morgan fingerprint density at radius 1 is 1.33 bits per heavy atom. The molecule has 0 bridgehead atoms. The largest absolute Gasteiger partial charge is 0.411 e. The summed E-state index contributed by atoms with van der Waals surface area (Å²) in [5.41, 5.74) is 4.04. The van der Waals surface area contributed by atoms with Crippen LogP contribution in [0.1, 0.15) is 34.3 Å². The van der Waals surface area contributed by atoms with Gasteiger partial charge < -0.3 is 10.1 Å². The lowest BCUT2D eigenvalue weighted by Crippen LogP contribution is -2.31. The van der Waals surface area contributed by atoms with Crippen LogP contribution in [-0.2, 0) is 0 Å². The number of fused-ring (bicyclic) bond motifs is 1. The molecule has 0 fully saturated rings. The van der Waals surface area contributed by atoms with Crippen molar-refractivity contribution in [1.82, 2.24) is 0 Å². The van der Waals surface area contributed by atoms with E-state index >= 15 is 0 Å². The van der Waals surface area contributed by atoms with Crippen LogP contribution in [0, 0.1) is 6.92 Å². The van der Waals surface area contributed by atoms with Crippen molar-refractivity contribution < 1.29 is 10.0 Å². The molecule has 0 unspecified atom stereocenters. The maximum absolute atomic E-state index is 12.8. The van der Waals surface area contributed by atoms with E-state index in [0.29, 0.717) is 18.7 Å². The van der Waals surface area contributed by atoms with Crippen molar-refractivity contribution in [2.75, 3.05) is 11.4 Å². The van der Waals surface area contributed by atoms with Crippen molar-refractivity contribution in [3.05, 3.63) is 51.7 Å². The average Bonchev–Trinajstić information content (AvgIpc) is 2.84. The third kappa shape index (κ3) is 2.45. The molecule has 1 aromatic heterocycles. The van der Waals surface area contributed by atoms with Gasteiger partial charge in [0.25, 0.3) is 5.91 Å². The van der Waals surface area contributed by atoms with Crippen LogP contribution in [0.2, 0.25) is 0 Å². The quantitative estimate of drug-likeness (QED) is 0.645. The van der Waals surface area contributed by atoms with Crippen LogP contribution in [0.25, 0.3) is 0 Å². The van der Waals surface area contributed by atoms with Crippen molar-refractivity contribution in [3.63, 3.8) is 0 Å². The number of hydrogen-bond donors (Lipinski definition) is 1. The van der Waals surface area contributed by atoms with Gasteiger partial charge in [-0.15, -0.1) is 0 Å². The molecule has 2 heterocycles. The summed E-state index contributed by atoms with van der Waals surface area (Å²) >= 11 is 1.54. The Balaban J connectivity index is 2.07. The Bertz CT molecular complexity index is 706. The molecule has 0 saturated carbocycles. The fourth-order valence-corrected chi connectivity index (χ4v) is 3.47. The highest BCUT2D eigenvalue weighted by molar-refractivity contribution is 7.08. The molecule has 1 amide bonds. The summed E-state index contributed by atoms with van der Waals surface area (Å²) in [6, 6.07) is 7.61. The number of rotatable bonds is 1. The normalized spacial score (nSPS) is 16.6. The third-order valence-corrected chi connectivity index (χ3v) is 4.61. The average molecular weight is 300 g/mol. The maximum Gasteiger partial charge on any atom is 0.259 e. The Morgan fingerprint density at radius 2 is 2.14 bits per heavy atom. The second-order valence-corrected chi connectivity index (χ2v) is 5.84. The summed E-state index contributed by atoms with van der Waals surface area (Å²) in [4.78, 5) is 14.6. The van der Waals surface area contributed by atoms with Gasteiger partial charge in [-0.1, -0.05) is 23.4 Å². The molecular formula is C16H16N2O2S. The van der Waals surface area contributed by atoms with Gasteiger partial charge in [-0.25, -0.2) is 0 Å². The van der Waals surface area contributed by atoms with Crippen molar-refractivity contribution in [2.45, 2.75) is 19.8 Å². The molecule has 21 heavy (non-hydrogen) atoms. The van der Waals surface area contributed by atoms with Crippen LogP contribution in [0.15, 0.2) is 40.2 Å². The number of oxime groups is 1. The summed E-state index contributed by atoms with van der Waals surface area (Å²) in [7, 11) is 0. The summed E-state index contributed by atoms with van der Waals surface area (Å²) in [5, 5.41) is 16.5. The van der Waals surface area contributed by atoms with Crippen LogP contribution in [0.5, 0.6) is 0 Å². The molecule has 0 aliphatic carbocycles. The Kier molecular flexibility index (Phi) is 3.75. The molecule has 1 aromatic carbocycles. The van der Waals surface area contributed by atoms with Crippen LogP contribution in [0.4, 0.5) is 5.69 Å². The van der Waals surface area contributed by atoms with Crippen molar-refractivity contribution >= 4 is 28.6 Å². The van der Waals surface area contributed by atoms with Crippen molar-refractivity contribution in [3.8, 4) is 0 Å². The van der Waals surface area contributed by atoms with Gasteiger partial charge in [0.2, 0.25) is 0 Å². The van der Waals surface area contributed by atoms with Gasteiger partial charge in [-0.2, -0.15) is 11.3 Å². The second kappa shape index (κ2) is 5.69. The van der Waals surface area contributed by atoms with Crippen molar-refractivity contribution in [2.24, 2.45) is 5.16 Å². The molecule has 0 radical (unpaired) electrons. The predicted octanol–water partition coefficient (Wildman–Crippen LogP) is 3.68. The number of para-hydroxylation sites is 1. The molecule has 1 N–H and O–H groups in total. The maximum atomic E-state index is 12.8. The van der Waals surface area contributed by atoms with E-state index in [1.807, 2.05) is 41.9 Å². The van der Waals surface area contributed by atoms with Gasteiger partial charge in [0.05, 0.1) is 17.0 Å². The van der Waals surface area contributed by atoms with Gasteiger partial charge in [0, 0.05) is 17.5 Å². The predicted molar refractivity (Wildman–Crippen MR) is 84.7 cm³/mol. The van der Waals surface area contributed by atoms with E-state index in [9.17, 15) is 10.0 Å². The number of thiophene rings is 1.